The third-order valence-corrected chi connectivity index (χ3v) is 8.33. The van der Waals surface area contributed by atoms with E-state index in [1.54, 1.807) is 32.2 Å². The molecule has 1 N–H and O–H groups in total. The number of ether oxygens (including phenoxy) is 1. The van der Waals surface area contributed by atoms with E-state index < -0.39 is 28.7 Å². The summed E-state index contributed by atoms with van der Waals surface area (Å²) in [5, 5.41) is 2.98. The third kappa shape index (κ3) is 7.70. The van der Waals surface area contributed by atoms with E-state index in [9.17, 15) is 18.0 Å². The van der Waals surface area contributed by atoms with Crippen molar-refractivity contribution in [1.82, 2.24) is 14.5 Å². The normalized spacial score (nSPS) is 13.1. The van der Waals surface area contributed by atoms with Crippen LogP contribution in [0.3, 0.4) is 0 Å². The van der Waals surface area contributed by atoms with E-state index in [2.05, 4.69) is 5.32 Å². The number of benzene rings is 2. The number of aryl methyl sites for hydroxylation is 2. The Morgan fingerprint density at radius 3 is 2.29 bits per heavy atom. The Bertz CT molecular complexity index is 1220. The van der Waals surface area contributed by atoms with Gasteiger partial charge in [0.2, 0.25) is 11.8 Å². The Morgan fingerprint density at radius 1 is 1.03 bits per heavy atom. The van der Waals surface area contributed by atoms with Crippen LogP contribution >= 0.6 is 0 Å². The van der Waals surface area contributed by atoms with Crippen molar-refractivity contribution in [2.75, 3.05) is 32.1 Å². The van der Waals surface area contributed by atoms with Gasteiger partial charge in [0.25, 0.3) is 0 Å². The number of nitrogens with one attached hydrogen (secondary N) is 1. The van der Waals surface area contributed by atoms with Crippen LogP contribution in [0.4, 0.5) is 5.69 Å². The van der Waals surface area contributed by atoms with Crippen molar-refractivity contribution >= 4 is 27.7 Å². The minimum atomic E-state index is -4.02. The van der Waals surface area contributed by atoms with Crippen LogP contribution in [0.15, 0.2) is 42.5 Å². The molecule has 0 radical (unpaired) electrons. The van der Waals surface area contributed by atoms with Gasteiger partial charge in [-0.05, 0) is 68.5 Å². The van der Waals surface area contributed by atoms with Crippen molar-refractivity contribution in [1.29, 1.82) is 0 Å². The lowest BCUT2D eigenvalue weighted by molar-refractivity contribution is -0.140. The van der Waals surface area contributed by atoms with Crippen LogP contribution in [-0.4, -0.2) is 69.3 Å². The molecule has 2 rings (SSSR count). The number of nitrogens with zero attached hydrogens (tertiary/aromatic N) is 3. The summed E-state index contributed by atoms with van der Waals surface area (Å²) in [6, 6.07) is 11.9. The molecule has 0 aromatic heterocycles. The molecule has 0 heterocycles. The molecule has 10 heteroatoms. The molecule has 0 saturated carbocycles. The van der Waals surface area contributed by atoms with Gasteiger partial charge in [0.15, 0.2) is 0 Å². The van der Waals surface area contributed by atoms with Gasteiger partial charge in [0.1, 0.15) is 18.3 Å². The van der Waals surface area contributed by atoms with Gasteiger partial charge in [-0.2, -0.15) is 12.7 Å². The highest BCUT2D eigenvalue weighted by Gasteiger charge is 2.34. The quantitative estimate of drug-likeness (QED) is 0.414. The summed E-state index contributed by atoms with van der Waals surface area (Å²) in [5.74, 6) is -0.128. The molecule has 0 aliphatic rings. The van der Waals surface area contributed by atoms with E-state index in [-0.39, 0.29) is 18.5 Å². The number of hydrogen-bond donors (Lipinski definition) is 1. The molecular formula is C28H42N4O5S. The zero-order chi connectivity index (χ0) is 28.6. The second kappa shape index (κ2) is 13.6. The third-order valence-electron chi connectivity index (χ3n) is 6.53. The van der Waals surface area contributed by atoms with Crippen molar-refractivity contribution in [2.45, 2.75) is 66.1 Å². The van der Waals surface area contributed by atoms with E-state index in [0.29, 0.717) is 17.9 Å². The zero-order valence-electron chi connectivity index (χ0n) is 23.8. The largest absolute Gasteiger partial charge is 0.497 e. The molecule has 2 amide bonds. The minimum absolute atomic E-state index is 0.0640. The van der Waals surface area contributed by atoms with Crippen LogP contribution in [0, 0.1) is 13.8 Å². The van der Waals surface area contributed by atoms with Crippen molar-refractivity contribution in [3.8, 4) is 5.75 Å². The summed E-state index contributed by atoms with van der Waals surface area (Å²) in [4.78, 5) is 28.8. The highest BCUT2D eigenvalue weighted by molar-refractivity contribution is 7.90. The van der Waals surface area contributed by atoms with Crippen LogP contribution in [0.5, 0.6) is 5.75 Å². The van der Waals surface area contributed by atoms with E-state index in [4.69, 9.17) is 4.74 Å². The summed E-state index contributed by atoms with van der Waals surface area (Å²) >= 11 is 0. The number of amides is 2. The molecule has 2 atom stereocenters. The predicted molar refractivity (Wildman–Crippen MR) is 151 cm³/mol. The summed E-state index contributed by atoms with van der Waals surface area (Å²) in [6.07, 6.45) is 1.11. The summed E-state index contributed by atoms with van der Waals surface area (Å²) < 4.78 is 34.4. The fourth-order valence-corrected chi connectivity index (χ4v) is 5.13. The van der Waals surface area contributed by atoms with Crippen LogP contribution in [0.2, 0.25) is 0 Å². The van der Waals surface area contributed by atoms with Crippen LogP contribution in [0.1, 0.15) is 50.3 Å². The molecule has 0 bridgehead atoms. The first-order valence-electron chi connectivity index (χ1n) is 12.9. The number of carbonyl (C=O) groups is 2. The predicted octanol–water partition coefficient (Wildman–Crippen LogP) is 3.65. The maximum atomic E-state index is 14.0. The maximum Gasteiger partial charge on any atom is 0.304 e. The molecule has 0 unspecified atom stereocenters. The number of rotatable bonds is 13. The molecule has 0 fully saturated rings. The monoisotopic (exact) mass is 546 g/mol. The summed E-state index contributed by atoms with van der Waals surface area (Å²) in [5.41, 5.74) is 2.77. The van der Waals surface area contributed by atoms with Crippen molar-refractivity contribution in [2.24, 2.45) is 0 Å². The Labute approximate surface area is 227 Å². The lowest BCUT2D eigenvalue weighted by Gasteiger charge is -2.34. The molecule has 2 aromatic rings. The molecule has 0 saturated heterocycles. The van der Waals surface area contributed by atoms with Crippen LogP contribution < -0.4 is 14.4 Å². The standard InChI is InChI=1S/C28H42N4O5S/c1-9-22(5)29-28(34)25(10-2)31(18-23-12-11-13-24(17-23)37-8)27(33)19-32(38(35,36)30(6)7)26-16-20(3)14-15-21(26)4/h11-17,22,25H,9-10,18-19H2,1-8H3,(H,29,34)/t22-,25-/m0/s1. The Hall–Kier alpha value is -3.11. The first-order chi connectivity index (χ1) is 17.8. The topological polar surface area (TPSA) is 99.3 Å². The van der Waals surface area contributed by atoms with Gasteiger partial charge in [-0.15, -0.1) is 0 Å². The van der Waals surface area contributed by atoms with Gasteiger partial charge in [-0.3, -0.25) is 9.59 Å². The number of anilines is 1. The second-order valence-corrected chi connectivity index (χ2v) is 11.8. The summed E-state index contributed by atoms with van der Waals surface area (Å²) in [7, 11) is 0.402. The van der Waals surface area contributed by atoms with E-state index >= 15 is 0 Å². The maximum absolute atomic E-state index is 14.0. The van der Waals surface area contributed by atoms with Gasteiger partial charge in [-0.1, -0.05) is 38.1 Å². The van der Waals surface area contributed by atoms with E-state index in [1.807, 2.05) is 52.0 Å². The van der Waals surface area contributed by atoms with Crippen LogP contribution in [-0.2, 0) is 26.3 Å². The highest BCUT2D eigenvalue weighted by atomic mass is 32.2. The Morgan fingerprint density at radius 2 is 1.71 bits per heavy atom. The van der Waals surface area contributed by atoms with Gasteiger partial charge in [-0.25, -0.2) is 4.31 Å². The molecule has 0 aliphatic carbocycles. The molecular weight excluding hydrogens is 504 g/mol. The zero-order valence-corrected chi connectivity index (χ0v) is 24.6. The first-order valence-corrected chi connectivity index (χ1v) is 14.3. The average molecular weight is 547 g/mol. The van der Waals surface area contributed by atoms with E-state index in [1.165, 1.54) is 19.0 Å². The highest BCUT2D eigenvalue weighted by Crippen LogP contribution is 2.26. The molecule has 0 aliphatic heterocycles. The number of methoxy groups -OCH3 is 1. The second-order valence-electron chi connectivity index (χ2n) is 9.70. The van der Waals surface area contributed by atoms with Gasteiger partial charge >= 0.3 is 10.2 Å². The molecule has 0 spiro atoms. The Kier molecular flexibility index (Phi) is 11.1. The fourth-order valence-electron chi connectivity index (χ4n) is 4.02. The first kappa shape index (κ1) is 31.1. The average Bonchev–Trinajstić information content (AvgIpc) is 2.88. The molecule has 210 valence electrons. The number of carbonyl (C=O) groups excluding carboxylic acids is 2. The number of hydrogen-bond acceptors (Lipinski definition) is 5. The van der Waals surface area contributed by atoms with Gasteiger partial charge in [0, 0.05) is 26.7 Å². The van der Waals surface area contributed by atoms with Crippen molar-refractivity contribution < 1.29 is 22.7 Å². The molecule has 9 nitrogen and oxygen atoms in total. The summed E-state index contributed by atoms with van der Waals surface area (Å²) in [6.45, 7) is 9.05. The van der Waals surface area contributed by atoms with E-state index in [0.717, 1.165) is 31.7 Å². The Balaban J connectivity index is 2.57. The smallest absolute Gasteiger partial charge is 0.304 e. The van der Waals surface area contributed by atoms with Crippen molar-refractivity contribution in [3.05, 3.63) is 59.2 Å². The SMILES string of the molecule is CC[C@H](C)NC(=O)[C@H](CC)N(Cc1cccc(OC)c1)C(=O)CN(c1cc(C)ccc1C)S(=O)(=O)N(C)C. The van der Waals surface area contributed by atoms with Crippen LogP contribution in [0.25, 0.3) is 0 Å². The van der Waals surface area contributed by atoms with Gasteiger partial charge in [0.05, 0.1) is 12.8 Å². The minimum Gasteiger partial charge on any atom is -0.497 e. The lowest BCUT2D eigenvalue weighted by Crippen LogP contribution is -2.54. The van der Waals surface area contributed by atoms with Gasteiger partial charge < -0.3 is 15.0 Å². The van der Waals surface area contributed by atoms with Crippen molar-refractivity contribution in [3.63, 3.8) is 0 Å². The fraction of sp³-hybridized carbons (Fsp3) is 0.500. The molecule has 2 aromatic carbocycles. The lowest BCUT2D eigenvalue weighted by atomic mass is 10.1. The molecule has 38 heavy (non-hydrogen) atoms.